The number of allylic oxidation sites excluding steroid dienone is 3. The minimum atomic E-state index is 0.657. The van der Waals surface area contributed by atoms with Crippen molar-refractivity contribution in [3.63, 3.8) is 0 Å². The number of hydrogen-bond acceptors (Lipinski definition) is 1. The van der Waals surface area contributed by atoms with Crippen molar-refractivity contribution in [3.8, 4) is 0 Å². The second-order valence-corrected chi connectivity index (χ2v) is 2.96. The summed E-state index contributed by atoms with van der Waals surface area (Å²) in [5.41, 5.74) is 6.56. The van der Waals surface area contributed by atoms with Crippen LogP contribution in [0.4, 0.5) is 0 Å². The van der Waals surface area contributed by atoms with Crippen molar-refractivity contribution < 1.29 is 0 Å². The first-order valence-electron chi connectivity index (χ1n) is 3.89. The molecule has 2 N–H and O–H groups in total. The fourth-order valence-electron chi connectivity index (χ4n) is 1.35. The molecule has 1 heteroatoms. The molecule has 56 valence electrons. The topological polar surface area (TPSA) is 26.0 Å². The van der Waals surface area contributed by atoms with Crippen molar-refractivity contribution in [2.24, 2.45) is 17.6 Å². The Kier molecular flexibility index (Phi) is 2.15. The first kappa shape index (κ1) is 7.39. The Bertz CT molecular complexity index is 168. The smallest absolute Gasteiger partial charge is 0.0273 e. The summed E-state index contributed by atoms with van der Waals surface area (Å²) in [6.07, 6.45) is 7.52. The Labute approximate surface area is 62.6 Å². The maximum absolute atomic E-state index is 5.64. The van der Waals surface area contributed by atoms with E-state index in [-0.39, 0.29) is 0 Å². The van der Waals surface area contributed by atoms with Crippen molar-refractivity contribution in [1.29, 1.82) is 0 Å². The fraction of sp³-hybridized carbons (Fsp3) is 0.556. The molecule has 0 aliphatic heterocycles. The van der Waals surface area contributed by atoms with Crippen LogP contribution in [0.5, 0.6) is 0 Å². The summed E-state index contributed by atoms with van der Waals surface area (Å²) in [7, 11) is 0. The Hall–Kier alpha value is -0.720. The molecule has 0 radical (unpaired) electrons. The highest BCUT2D eigenvalue weighted by Crippen LogP contribution is 2.23. The molecule has 1 nitrogen and oxygen atoms in total. The van der Waals surface area contributed by atoms with Gasteiger partial charge in [-0.2, -0.15) is 0 Å². The lowest BCUT2D eigenvalue weighted by molar-refractivity contribution is 0.488. The van der Waals surface area contributed by atoms with Crippen LogP contribution in [0.15, 0.2) is 23.9 Å². The first-order chi connectivity index (χ1) is 4.74. The SMILES string of the molecule is CCC1C=C(N)C=CC1C. The zero-order chi connectivity index (χ0) is 7.56. The highest BCUT2D eigenvalue weighted by atomic mass is 14.6. The van der Waals surface area contributed by atoms with Gasteiger partial charge in [0.2, 0.25) is 0 Å². The summed E-state index contributed by atoms with van der Waals surface area (Å²) in [5.74, 6) is 1.32. The van der Waals surface area contributed by atoms with Crippen molar-refractivity contribution in [2.45, 2.75) is 20.3 Å². The summed E-state index contributed by atoms with van der Waals surface area (Å²) in [6.45, 7) is 4.43. The normalized spacial score (nSPS) is 32.0. The predicted molar refractivity (Wildman–Crippen MR) is 44.4 cm³/mol. The average Bonchev–Trinajstić information content (AvgIpc) is 1.94. The van der Waals surface area contributed by atoms with Gasteiger partial charge in [0, 0.05) is 5.70 Å². The molecule has 0 saturated heterocycles. The van der Waals surface area contributed by atoms with Gasteiger partial charge in [-0.3, -0.25) is 0 Å². The molecule has 0 fully saturated rings. The lowest BCUT2D eigenvalue weighted by Crippen LogP contribution is -2.12. The zero-order valence-corrected chi connectivity index (χ0v) is 6.67. The van der Waals surface area contributed by atoms with Gasteiger partial charge >= 0.3 is 0 Å². The van der Waals surface area contributed by atoms with Crippen LogP contribution in [-0.4, -0.2) is 0 Å². The van der Waals surface area contributed by atoms with E-state index in [9.17, 15) is 0 Å². The molecule has 1 aliphatic rings. The molecule has 2 unspecified atom stereocenters. The Morgan fingerprint density at radius 3 is 2.80 bits per heavy atom. The van der Waals surface area contributed by atoms with Crippen LogP contribution in [0.3, 0.4) is 0 Å². The largest absolute Gasteiger partial charge is 0.399 e. The van der Waals surface area contributed by atoms with Crippen LogP contribution >= 0.6 is 0 Å². The van der Waals surface area contributed by atoms with E-state index in [0.717, 1.165) is 5.70 Å². The van der Waals surface area contributed by atoms with E-state index >= 15 is 0 Å². The number of nitrogens with two attached hydrogens (primary N) is 1. The highest BCUT2D eigenvalue weighted by Gasteiger charge is 2.12. The average molecular weight is 137 g/mol. The Balaban J connectivity index is 2.67. The van der Waals surface area contributed by atoms with Crippen molar-refractivity contribution in [2.75, 3.05) is 0 Å². The van der Waals surface area contributed by atoms with Gasteiger partial charge in [0.05, 0.1) is 0 Å². The summed E-state index contributed by atoms with van der Waals surface area (Å²) in [4.78, 5) is 0. The molecular formula is C9H15N. The third kappa shape index (κ3) is 1.41. The second kappa shape index (κ2) is 2.91. The molecule has 0 amide bonds. The molecule has 0 heterocycles. The molecule has 0 aromatic heterocycles. The summed E-state index contributed by atoms with van der Waals surface area (Å²) < 4.78 is 0. The van der Waals surface area contributed by atoms with Gasteiger partial charge in [-0.1, -0.05) is 26.0 Å². The van der Waals surface area contributed by atoms with Crippen LogP contribution in [0.2, 0.25) is 0 Å². The van der Waals surface area contributed by atoms with Gasteiger partial charge in [0.1, 0.15) is 0 Å². The third-order valence-corrected chi connectivity index (χ3v) is 2.15. The van der Waals surface area contributed by atoms with Gasteiger partial charge in [-0.25, -0.2) is 0 Å². The summed E-state index contributed by atoms with van der Waals surface area (Å²) in [6, 6.07) is 0. The molecule has 0 saturated carbocycles. The van der Waals surface area contributed by atoms with E-state index in [1.165, 1.54) is 6.42 Å². The minimum Gasteiger partial charge on any atom is -0.399 e. The maximum Gasteiger partial charge on any atom is 0.0273 e. The van der Waals surface area contributed by atoms with Gasteiger partial charge < -0.3 is 5.73 Å². The van der Waals surface area contributed by atoms with Crippen LogP contribution in [-0.2, 0) is 0 Å². The lowest BCUT2D eigenvalue weighted by Gasteiger charge is -2.19. The monoisotopic (exact) mass is 137 g/mol. The molecule has 0 aromatic carbocycles. The zero-order valence-electron chi connectivity index (χ0n) is 6.67. The fourth-order valence-corrected chi connectivity index (χ4v) is 1.35. The predicted octanol–water partition coefficient (Wildman–Crippen LogP) is 2.06. The molecule has 0 aromatic rings. The van der Waals surface area contributed by atoms with E-state index in [0.29, 0.717) is 11.8 Å². The molecule has 0 bridgehead atoms. The summed E-state index contributed by atoms with van der Waals surface area (Å²) >= 11 is 0. The van der Waals surface area contributed by atoms with Crippen LogP contribution in [0.1, 0.15) is 20.3 Å². The van der Waals surface area contributed by atoms with Crippen LogP contribution in [0, 0.1) is 11.8 Å². The Morgan fingerprint density at radius 2 is 2.30 bits per heavy atom. The quantitative estimate of drug-likeness (QED) is 0.588. The molecule has 1 aliphatic carbocycles. The summed E-state index contributed by atoms with van der Waals surface area (Å²) in [5, 5.41) is 0. The van der Waals surface area contributed by atoms with E-state index in [1.807, 2.05) is 6.08 Å². The van der Waals surface area contributed by atoms with Gasteiger partial charge in [0.25, 0.3) is 0 Å². The molecular weight excluding hydrogens is 122 g/mol. The molecule has 2 atom stereocenters. The molecule has 10 heavy (non-hydrogen) atoms. The van der Waals surface area contributed by atoms with E-state index in [1.54, 1.807) is 0 Å². The van der Waals surface area contributed by atoms with Crippen LogP contribution < -0.4 is 5.73 Å². The second-order valence-electron chi connectivity index (χ2n) is 2.96. The number of hydrogen-bond donors (Lipinski definition) is 1. The first-order valence-corrected chi connectivity index (χ1v) is 3.89. The van der Waals surface area contributed by atoms with E-state index in [4.69, 9.17) is 5.73 Å². The lowest BCUT2D eigenvalue weighted by atomic mass is 9.87. The molecule has 1 rings (SSSR count). The maximum atomic E-state index is 5.64. The number of rotatable bonds is 1. The third-order valence-electron chi connectivity index (χ3n) is 2.15. The van der Waals surface area contributed by atoms with E-state index in [2.05, 4.69) is 26.0 Å². The highest BCUT2D eigenvalue weighted by molar-refractivity contribution is 5.21. The Morgan fingerprint density at radius 1 is 1.60 bits per heavy atom. The van der Waals surface area contributed by atoms with Crippen molar-refractivity contribution in [1.82, 2.24) is 0 Å². The van der Waals surface area contributed by atoms with Crippen LogP contribution in [0.25, 0.3) is 0 Å². The van der Waals surface area contributed by atoms with Crippen molar-refractivity contribution in [3.05, 3.63) is 23.9 Å². The minimum absolute atomic E-state index is 0.657. The standard InChI is InChI=1S/C9H15N/c1-3-8-6-9(10)5-4-7(8)2/h4-8H,3,10H2,1-2H3. The molecule has 0 spiro atoms. The van der Waals surface area contributed by atoms with E-state index < -0.39 is 0 Å². The van der Waals surface area contributed by atoms with Gasteiger partial charge in [-0.15, -0.1) is 0 Å². The van der Waals surface area contributed by atoms with Crippen molar-refractivity contribution >= 4 is 0 Å². The van der Waals surface area contributed by atoms with Gasteiger partial charge in [0.15, 0.2) is 0 Å². The van der Waals surface area contributed by atoms with Gasteiger partial charge in [-0.05, 0) is 24.3 Å².